The van der Waals surface area contributed by atoms with Crippen molar-refractivity contribution in [3.8, 4) is 5.75 Å². The molecule has 1 aliphatic rings. The van der Waals surface area contributed by atoms with Gasteiger partial charge in [0.2, 0.25) is 11.8 Å². The third kappa shape index (κ3) is 4.34. The predicted octanol–water partition coefficient (Wildman–Crippen LogP) is 2.55. The zero-order valence-corrected chi connectivity index (χ0v) is 16.3. The highest BCUT2D eigenvalue weighted by molar-refractivity contribution is 5.90. The van der Waals surface area contributed by atoms with Gasteiger partial charge in [-0.25, -0.2) is 0 Å². The molecule has 148 valence electrons. The Kier molecular flexibility index (Phi) is 6.66. The first-order valence-electron chi connectivity index (χ1n) is 9.38. The van der Waals surface area contributed by atoms with Crippen LogP contribution in [0.3, 0.4) is 0 Å². The normalized spacial score (nSPS) is 18.9. The zero-order valence-electron chi connectivity index (χ0n) is 16.3. The van der Waals surface area contributed by atoms with Gasteiger partial charge in [0.25, 0.3) is 0 Å². The van der Waals surface area contributed by atoms with Gasteiger partial charge in [0.1, 0.15) is 5.75 Å². The van der Waals surface area contributed by atoms with E-state index >= 15 is 0 Å². The number of nitrogens with one attached hydrogen (secondary N) is 1. The van der Waals surface area contributed by atoms with Crippen molar-refractivity contribution in [2.45, 2.75) is 19.0 Å². The summed E-state index contributed by atoms with van der Waals surface area (Å²) in [6.07, 6.45) is 0.174. The minimum Gasteiger partial charge on any atom is -0.496 e. The molecular weight excluding hydrogens is 356 g/mol. The molecule has 1 fully saturated rings. The molecule has 2 aromatic rings. The standard InChI is InChI=1S/C22H26N2O4/c1-27-13-12-24-20(25)14-18(21(24)17-10-6-7-11-19(17)28-2)22(26)23-15-16-8-4-3-5-9-16/h3-11,18,21H,12-15H2,1-2H3,(H,23,26)/t18-,21+/m1/s1. The number of benzene rings is 2. The van der Waals surface area contributed by atoms with E-state index < -0.39 is 5.92 Å². The van der Waals surface area contributed by atoms with Crippen molar-refractivity contribution in [3.63, 3.8) is 0 Å². The third-order valence-electron chi connectivity index (χ3n) is 5.07. The minimum absolute atomic E-state index is 0.0483. The van der Waals surface area contributed by atoms with Crippen LogP contribution in [0.1, 0.15) is 23.6 Å². The summed E-state index contributed by atoms with van der Waals surface area (Å²) in [5.74, 6) is 0.00990. The summed E-state index contributed by atoms with van der Waals surface area (Å²) in [7, 11) is 3.20. The Labute approximate surface area is 165 Å². The SMILES string of the molecule is COCCN1C(=O)C[C@@H](C(=O)NCc2ccccc2)[C@@H]1c1ccccc1OC. The Bertz CT molecular complexity index is 809. The molecule has 28 heavy (non-hydrogen) atoms. The van der Waals surface area contributed by atoms with Crippen molar-refractivity contribution < 1.29 is 19.1 Å². The fraction of sp³-hybridized carbons (Fsp3) is 0.364. The second-order valence-electron chi connectivity index (χ2n) is 6.78. The first-order chi connectivity index (χ1) is 13.7. The number of carbonyl (C=O) groups excluding carboxylic acids is 2. The van der Waals surface area contributed by atoms with Gasteiger partial charge in [0.05, 0.1) is 25.7 Å². The van der Waals surface area contributed by atoms with E-state index in [0.717, 1.165) is 11.1 Å². The topological polar surface area (TPSA) is 67.9 Å². The van der Waals surface area contributed by atoms with Crippen LogP contribution in [0.2, 0.25) is 0 Å². The second kappa shape index (κ2) is 9.37. The fourth-order valence-corrected chi connectivity index (χ4v) is 3.69. The number of methoxy groups -OCH3 is 2. The van der Waals surface area contributed by atoms with Crippen molar-refractivity contribution in [1.29, 1.82) is 0 Å². The van der Waals surface area contributed by atoms with Crippen LogP contribution in [-0.4, -0.2) is 44.1 Å². The lowest BCUT2D eigenvalue weighted by Gasteiger charge is -2.29. The Hall–Kier alpha value is -2.86. The summed E-state index contributed by atoms with van der Waals surface area (Å²) >= 11 is 0. The van der Waals surface area contributed by atoms with Gasteiger partial charge in [-0.3, -0.25) is 9.59 Å². The lowest BCUT2D eigenvalue weighted by atomic mass is 9.92. The zero-order chi connectivity index (χ0) is 19.9. The summed E-state index contributed by atoms with van der Waals surface area (Å²) in [5, 5.41) is 2.99. The maximum Gasteiger partial charge on any atom is 0.226 e. The van der Waals surface area contributed by atoms with Crippen LogP contribution in [0.15, 0.2) is 54.6 Å². The number of hydrogen-bond acceptors (Lipinski definition) is 4. The third-order valence-corrected chi connectivity index (χ3v) is 5.07. The first-order valence-corrected chi connectivity index (χ1v) is 9.38. The Morgan fingerprint density at radius 2 is 1.82 bits per heavy atom. The molecule has 2 amide bonds. The monoisotopic (exact) mass is 382 g/mol. The largest absolute Gasteiger partial charge is 0.496 e. The average molecular weight is 382 g/mol. The van der Waals surface area contributed by atoms with Crippen LogP contribution in [-0.2, 0) is 20.9 Å². The number of para-hydroxylation sites is 1. The van der Waals surface area contributed by atoms with Crippen LogP contribution >= 0.6 is 0 Å². The lowest BCUT2D eigenvalue weighted by Crippen LogP contribution is -2.36. The van der Waals surface area contributed by atoms with Crippen LogP contribution in [0.4, 0.5) is 0 Å². The van der Waals surface area contributed by atoms with E-state index in [1.165, 1.54) is 0 Å². The molecule has 0 radical (unpaired) electrons. The van der Waals surface area contributed by atoms with Gasteiger partial charge in [-0.15, -0.1) is 0 Å². The van der Waals surface area contributed by atoms with Crippen molar-refractivity contribution >= 4 is 11.8 Å². The maximum absolute atomic E-state index is 13.0. The average Bonchev–Trinajstić information content (AvgIpc) is 3.07. The number of hydrogen-bond donors (Lipinski definition) is 1. The van der Waals surface area contributed by atoms with E-state index in [1.807, 2.05) is 54.6 Å². The van der Waals surface area contributed by atoms with Crippen LogP contribution in [0.25, 0.3) is 0 Å². The van der Waals surface area contributed by atoms with Crippen LogP contribution in [0, 0.1) is 5.92 Å². The molecule has 6 heteroatoms. The van der Waals surface area contributed by atoms with E-state index in [4.69, 9.17) is 9.47 Å². The molecule has 0 unspecified atom stereocenters. The quantitative estimate of drug-likeness (QED) is 0.762. The number of likely N-dealkylation sites (tertiary alicyclic amines) is 1. The van der Waals surface area contributed by atoms with Crippen LogP contribution in [0.5, 0.6) is 5.75 Å². The van der Waals surface area contributed by atoms with Gasteiger partial charge >= 0.3 is 0 Å². The first kappa shape index (κ1) is 19.9. The van der Waals surface area contributed by atoms with Crippen molar-refractivity contribution in [2.75, 3.05) is 27.4 Å². The highest BCUT2D eigenvalue weighted by atomic mass is 16.5. The number of amides is 2. The molecule has 2 aromatic carbocycles. The van der Waals surface area contributed by atoms with E-state index in [-0.39, 0.29) is 24.3 Å². The highest BCUT2D eigenvalue weighted by Crippen LogP contribution is 2.41. The smallest absolute Gasteiger partial charge is 0.226 e. The molecule has 3 rings (SSSR count). The number of rotatable bonds is 8. The summed E-state index contributed by atoms with van der Waals surface area (Å²) < 4.78 is 10.7. The van der Waals surface area contributed by atoms with Gasteiger partial charge in [0.15, 0.2) is 0 Å². The second-order valence-corrected chi connectivity index (χ2v) is 6.78. The number of ether oxygens (including phenoxy) is 2. The Morgan fingerprint density at radius 3 is 2.54 bits per heavy atom. The van der Waals surface area contributed by atoms with Crippen molar-refractivity contribution in [3.05, 3.63) is 65.7 Å². The van der Waals surface area contributed by atoms with Crippen LogP contribution < -0.4 is 10.1 Å². The van der Waals surface area contributed by atoms with E-state index in [0.29, 0.717) is 25.4 Å². The van der Waals surface area contributed by atoms with E-state index in [1.54, 1.807) is 19.1 Å². The Morgan fingerprint density at radius 1 is 1.11 bits per heavy atom. The molecule has 6 nitrogen and oxygen atoms in total. The molecule has 0 spiro atoms. The molecule has 0 bridgehead atoms. The maximum atomic E-state index is 13.0. The lowest BCUT2D eigenvalue weighted by molar-refractivity contribution is -0.129. The summed E-state index contributed by atoms with van der Waals surface area (Å²) in [4.78, 5) is 27.4. The molecule has 0 saturated carbocycles. The van der Waals surface area contributed by atoms with E-state index in [2.05, 4.69) is 5.32 Å². The van der Waals surface area contributed by atoms with Gasteiger partial charge in [-0.05, 0) is 11.6 Å². The molecule has 0 aromatic heterocycles. The summed E-state index contributed by atoms with van der Waals surface area (Å²) in [6.45, 7) is 1.28. The number of carbonyl (C=O) groups is 2. The summed E-state index contributed by atoms with van der Waals surface area (Å²) in [6, 6.07) is 16.9. The van der Waals surface area contributed by atoms with Gasteiger partial charge in [-0.2, -0.15) is 0 Å². The Balaban J connectivity index is 1.85. The van der Waals surface area contributed by atoms with Gasteiger partial charge in [0, 0.05) is 32.2 Å². The molecular formula is C22H26N2O4. The fourth-order valence-electron chi connectivity index (χ4n) is 3.69. The number of nitrogens with zero attached hydrogens (tertiary/aromatic N) is 1. The van der Waals surface area contributed by atoms with E-state index in [9.17, 15) is 9.59 Å². The molecule has 1 aliphatic heterocycles. The minimum atomic E-state index is -0.482. The predicted molar refractivity (Wildman–Crippen MR) is 106 cm³/mol. The van der Waals surface area contributed by atoms with Gasteiger partial charge < -0.3 is 19.7 Å². The van der Waals surface area contributed by atoms with Crippen molar-refractivity contribution in [2.24, 2.45) is 5.92 Å². The molecule has 1 N–H and O–H groups in total. The van der Waals surface area contributed by atoms with Crippen molar-refractivity contribution in [1.82, 2.24) is 10.2 Å². The summed E-state index contributed by atoms with van der Waals surface area (Å²) in [5.41, 5.74) is 1.86. The molecule has 2 atom stereocenters. The molecule has 0 aliphatic carbocycles. The van der Waals surface area contributed by atoms with Gasteiger partial charge in [-0.1, -0.05) is 48.5 Å². The molecule has 1 heterocycles. The highest BCUT2D eigenvalue weighted by Gasteiger charge is 2.45. The molecule has 1 saturated heterocycles.